The molecule has 0 spiro atoms. The number of nitrogens with zero attached hydrogens (tertiary/aromatic N) is 2. The molecule has 0 atom stereocenters. The monoisotopic (exact) mass is 289 g/mol. The highest BCUT2D eigenvalue weighted by molar-refractivity contribution is 5.84. The third-order valence-electron chi connectivity index (χ3n) is 4.25. The van der Waals surface area contributed by atoms with E-state index < -0.39 is 0 Å². The first-order valence-electron chi connectivity index (χ1n) is 7.76. The maximum atomic E-state index is 4.58. The summed E-state index contributed by atoms with van der Waals surface area (Å²) in [5.74, 6) is 0. The highest BCUT2D eigenvalue weighted by Gasteiger charge is 2.10. The largest absolute Gasteiger partial charge is 0.313 e. The van der Waals surface area contributed by atoms with E-state index in [2.05, 4.69) is 65.9 Å². The summed E-state index contributed by atoms with van der Waals surface area (Å²) in [7, 11) is 0. The summed E-state index contributed by atoms with van der Waals surface area (Å²) in [5, 5.41) is 9.12. The molecule has 4 rings (SSSR count). The first kappa shape index (κ1) is 13.3. The van der Waals surface area contributed by atoms with Gasteiger partial charge in [0.25, 0.3) is 0 Å². The maximum Gasteiger partial charge on any atom is 0.0747 e. The molecule has 0 unspecified atom stereocenters. The standard InChI is InChI=1S/C19H19N3/c1-14-3-2-4-18(11-14)22-19-12-16(5-6-17(19)13-21-22)15-7-9-20-10-8-15/h2-7,11-13,20H,8-10H2,1H3. The zero-order valence-corrected chi connectivity index (χ0v) is 12.7. The minimum Gasteiger partial charge on any atom is -0.313 e. The highest BCUT2D eigenvalue weighted by Crippen LogP contribution is 2.26. The molecule has 1 aliphatic rings. The summed E-state index contributed by atoms with van der Waals surface area (Å²) < 4.78 is 2.04. The molecule has 3 heteroatoms. The number of rotatable bonds is 2. The minimum absolute atomic E-state index is 0.963. The summed E-state index contributed by atoms with van der Waals surface area (Å²) in [6, 6.07) is 15.1. The van der Waals surface area contributed by atoms with Gasteiger partial charge in [-0.05, 0) is 54.8 Å². The van der Waals surface area contributed by atoms with Gasteiger partial charge in [0.1, 0.15) is 0 Å². The molecule has 1 aliphatic heterocycles. The molecule has 0 aliphatic carbocycles. The molecule has 3 nitrogen and oxygen atoms in total. The molecule has 0 saturated carbocycles. The predicted octanol–water partition coefficient (Wildman–Crippen LogP) is 3.71. The van der Waals surface area contributed by atoms with Crippen LogP contribution in [-0.2, 0) is 0 Å². The van der Waals surface area contributed by atoms with Gasteiger partial charge in [-0.1, -0.05) is 30.3 Å². The van der Waals surface area contributed by atoms with Gasteiger partial charge in [-0.2, -0.15) is 5.10 Å². The molecule has 1 aromatic heterocycles. The van der Waals surface area contributed by atoms with E-state index in [1.807, 2.05) is 10.9 Å². The molecule has 2 aromatic carbocycles. The first-order valence-corrected chi connectivity index (χ1v) is 7.76. The SMILES string of the molecule is Cc1cccc(-n2ncc3ccc(C4=CCNCC4)cc32)c1. The number of aryl methyl sites for hydroxylation is 1. The maximum absolute atomic E-state index is 4.58. The van der Waals surface area contributed by atoms with Gasteiger partial charge in [0, 0.05) is 11.9 Å². The molecule has 0 bridgehead atoms. The summed E-state index contributed by atoms with van der Waals surface area (Å²) in [6.07, 6.45) is 5.32. The summed E-state index contributed by atoms with van der Waals surface area (Å²) in [4.78, 5) is 0. The molecule has 0 radical (unpaired) electrons. The van der Waals surface area contributed by atoms with E-state index in [0.717, 1.165) is 25.2 Å². The molecule has 110 valence electrons. The minimum atomic E-state index is 0.963. The lowest BCUT2D eigenvalue weighted by molar-refractivity contribution is 0.738. The van der Waals surface area contributed by atoms with Crippen molar-refractivity contribution >= 4 is 16.5 Å². The summed E-state index contributed by atoms with van der Waals surface area (Å²) in [5.41, 5.74) is 6.27. The molecule has 3 aromatic rings. The number of fused-ring (bicyclic) bond motifs is 1. The van der Waals surface area contributed by atoms with Crippen molar-refractivity contribution in [2.24, 2.45) is 0 Å². The van der Waals surface area contributed by atoms with Crippen LogP contribution in [0.15, 0.2) is 54.7 Å². The number of aromatic nitrogens is 2. The van der Waals surface area contributed by atoms with Crippen molar-refractivity contribution in [2.75, 3.05) is 13.1 Å². The van der Waals surface area contributed by atoms with E-state index in [9.17, 15) is 0 Å². The Balaban J connectivity index is 1.85. The van der Waals surface area contributed by atoms with Crippen molar-refractivity contribution in [3.63, 3.8) is 0 Å². The van der Waals surface area contributed by atoms with Crippen molar-refractivity contribution in [3.05, 3.63) is 65.9 Å². The lowest BCUT2D eigenvalue weighted by Gasteiger charge is -2.14. The Morgan fingerprint density at radius 2 is 2.09 bits per heavy atom. The Morgan fingerprint density at radius 1 is 1.14 bits per heavy atom. The second-order valence-electron chi connectivity index (χ2n) is 5.85. The van der Waals surface area contributed by atoms with Gasteiger partial charge in [-0.15, -0.1) is 0 Å². The Labute approximate surface area is 130 Å². The third kappa shape index (κ3) is 2.34. The molecular weight excluding hydrogens is 270 g/mol. The predicted molar refractivity (Wildman–Crippen MR) is 91.3 cm³/mol. The van der Waals surface area contributed by atoms with Crippen LogP contribution in [0.4, 0.5) is 0 Å². The van der Waals surface area contributed by atoms with Crippen LogP contribution in [-0.4, -0.2) is 22.9 Å². The van der Waals surface area contributed by atoms with Gasteiger partial charge in [0.15, 0.2) is 0 Å². The van der Waals surface area contributed by atoms with Crippen LogP contribution < -0.4 is 5.32 Å². The highest BCUT2D eigenvalue weighted by atomic mass is 15.3. The Morgan fingerprint density at radius 3 is 2.91 bits per heavy atom. The van der Waals surface area contributed by atoms with E-state index >= 15 is 0 Å². The number of nitrogens with one attached hydrogen (secondary N) is 1. The fourth-order valence-electron chi connectivity index (χ4n) is 3.07. The van der Waals surface area contributed by atoms with Gasteiger partial charge in [-0.25, -0.2) is 4.68 Å². The zero-order valence-electron chi connectivity index (χ0n) is 12.7. The molecule has 0 fully saturated rings. The van der Waals surface area contributed by atoms with E-state index in [1.165, 1.54) is 27.6 Å². The first-order chi connectivity index (χ1) is 10.8. The van der Waals surface area contributed by atoms with Crippen LogP contribution in [0.1, 0.15) is 17.5 Å². The molecular formula is C19H19N3. The van der Waals surface area contributed by atoms with E-state index in [0.29, 0.717) is 0 Å². The van der Waals surface area contributed by atoms with Crippen LogP contribution >= 0.6 is 0 Å². The quantitative estimate of drug-likeness (QED) is 0.779. The van der Waals surface area contributed by atoms with Gasteiger partial charge in [0.2, 0.25) is 0 Å². The summed E-state index contributed by atoms with van der Waals surface area (Å²) >= 11 is 0. The van der Waals surface area contributed by atoms with Gasteiger partial charge < -0.3 is 5.32 Å². The van der Waals surface area contributed by atoms with E-state index in [-0.39, 0.29) is 0 Å². The van der Waals surface area contributed by atoms with Crippen molar-refractivity contribution in [2.45, 2.75) is 13.3 Å². The van der Waals surface area contributed by atoms with Crippen molar-refractivity contribution in [1.82, 2.24) is 15.1 Å². The molecule has 0 amide bonds. The van der Waals surface area contributed by atoms with Crippen LogP contribution in [0.3, 0.4) is 0 Å². The lowest BCUT2D eigenvalue weighted by Crippen LogP contribution is -2.19. The normalized spacial score (nSPS) is 15.0. The summed E-state index contributed by atoms with van der Waals surface area (Å²) in [6.45, 7) is 4.13. The zero-order chi connectivity index (χ0) is 14.9. The van der Waals surface area contributed by atoms with Crippen molar-refractivity contribution in [3.8, 4) is 5.69 Å². The lowest BCUT2D eigenvalue weighted by atomic mass is 9.99. The Kier molecular flexibility index (Phi) is 3.28. The van der Waals surface area contributed by atoms with Gasteiger partial charge in [0.05, 0.1) is 17.4 Å². The third-order valence-corrected chi connectivity index (χ3v) is 4.25. The van der Waals surface area contributed by atoms with Crippen LogP contribution in [0.2, 0.25) is 0 Å². The van der Waals surface area contributed by atoms with E-state index in [1.54, 1.807) is 0 Å². The van der Waals surface area contributed by atoms with Crippen LogP contribution in [0.5, 0.6) is 0 Å². The average molecular weight is 289 g/mol. The molecule has 22 heavy (non-hydrogen) atoms. The van der Waals surface area contributed by atoms with Gasteiger partial charge in [-0.3, -0.25) is 0 Å². The van der Waals surface area contributed by atoms with Crippen LogP contribution in [0, 0.1) is 6.92 Å². The van der Waals surface area contributed by atoms with E-state index in [4.69, 9.17) is 0 Å². The fourth-order valence-corrected chi connectivity index (χ4v) is 3.07. The number of hydrogen-bond acceptors (Lipinski definition) is 2. The molecule has 2 heterocycles. The molecule has 1 N–H and O–H groups in total. The average Bonchev–Trinajstić information content (AvgIpc) is 2.99. The molecule has 0 saturated heterocycles. The fraction of sp³-hybridized carbons (Fsp3) is 0.211. The smallest absolute Gasteiger partial charge is 0.0747 e. The van der Waals surface area contributed by atoms with Gasteiger partial charge >= 0.3 is 0 Å². The number of benzene rings is 2. The second kappa shape index (κ2) is 5.43. The topological polar surface area (TPSA) is 29.9 Å². The number of hydrogen-bond donors (Lipinski definition) is 1. The van der Waals surface area contributed by atoms with Crippen LogP contribution in [0.25, 0.3) is 22.2 Å². The Hall–Kier alpha value is -2.39. The second-order valence-corrected chi connectivity index (χ2v) is 5.85. The van der Waals surface area contributed by atoms with Crippen molar-refractivity contribution in [1.29, 1.82) is 0 Å². The van der Waals surface area contributed by atoms with Crippen molar-refractivity contribution < 1.29 is 0 Å². The Bertz CT molecular complexity index is 858.